The molecule has 1 N–H and O–H groups in total. The SMILES string of the molecule is Cc1ccc(-c2cc(C(=O)NC(C)Cn3ccc(CF)n3)cc(-n3nnnc3C(C)C)c2)cc1. The summed E-state index contributed by atoms with van der Waals surface area (Å²) in [6.07, 6.45) is 1.71. The lowest BCUT2D eigenvalue weighted by atomic mass is 10.00. The van der Waals surface area contributed by atoms with E-state index in [2.05, 4.69) is 25.9 Å². The Kier molecular flexibility index (Phi) is 6.81. The number of alkyl halides is 1. The molecule has 1 unspecified atom stereocenters. The van der Waals surface area contributed by atoms with E-state index in [1.807, 2.05) is 64.1 Å². The molecule has 0 spiro atoms. The second-order valence-corrected chi connectivity index (χ2v) is 8.78. The van der Waals surface area contributed by atoms with Gasteiger partial charge in [0.2, 0.25) is 0 Å². The Morgan fingerprint density at radius 3 is 2.50 bits per heavy atom. The van der Waals surface area contributed by atoms with Gasteiger partial charge in [-0.15, -0.1) is 5.10 Å². The average Bonchev–Trinajstić information content (AvgIpc) is 3.49. The second-order valence-electron chi connectivity index (χ2n) is 8.78. The van der Waals surface area contributed by atoms with Gasteiger partial charge in [-0.3, -0.25) is 9.48 Å². The first-order valence-corrected chi connectivity index (χ1v) is 11.2. The van der Waals surface area contributed by atoms with Crippen LogP contribution in [0.15, 0.2) is 54.7 Å². The zero-order valence-electron chi connectivity index (χ0n) is 19.7. The van der Waals surface area contributed by atoms with Gasteiger partial charge < -0.3 is 5.32 Å². The van der Waals surface area contributed by atoms with Crippen molar-refractivity contribution in [2.75, 3.05) is 0 Å². The average molecular weight is 462 g/mol. The van der Waals surface area contributed by atoms with Crippen LogP contribution in [0.2, 0.25) is 0 Å². The van der Waals surface area contributed by atoms with Crippen molar-refractivity contribution in [3.63, 3.8) is 0 Å². The fourth-order valence-corrected chi connectivity index (χ4v) is 3.73. The minimum atomic E-state index is -0.613. The maximum Gasteiger partial charge on any atom is 0.251 e. The van der Waals surface area contributed by atoms with Gasteiger partial charge in [-0.2, -0.15) is 9.78 Å². The highest BCUT2D eigenvalue weighted by molar-refractivity contribution is 5.96. The molecule has 8 nitrogen and oxygen atoms in total. The highest BCUT2D eigenvalue weighted by Gasteiger charge is 2.17. The van der Waals surface area contributed by atoms with Gasteiger partial charge in [-0.25, -0.2) is 4.39 Å². The summed E-state index contributed by atoms with van der Waals surface area (Å²) in [5, 5.41) is 19.3. The quantitative estimate of drug-likeness (QED) is 0.424. The molecule has 4 rings (SSSR count). The van der Waals surface area contributed by atoms with E-state index in [4.69, 9.17) is 0 Å². The van der Waals surface area contributed by atoms with Crippen molar-refractivity contribution in [2.24, 2.45) is 0 Å². The van der Waals surface area contributed by atoms with Crippen molar-refractivity contribution in [1.82, 2.24) is 35.3 Å². The summed E-state index contributed by atoms with van der Waals surface area (Å²) in [5.74, 6) is 0.599. The van der Waals surface area contributed by atoms with Crippen LogP contribution in [0, 0.1) is 6.92 Å². The summed E-state index contributed by atoms with van der Waals surface area (Å²) in [6, 6.07) is 15.2. The van der Waals surface area contributed by atoms with Crippen LogP contribution in [-0.2, 0) is 13.2 Å². The zero-order chi connectivity index (χ0) is 24.2. The predicted octanol–water partition coefficient (Wildman–Crippen LogP) is 4.25. The third kappa shape index (κ3) is 5.19. The minimum absolute atomic E-state index is 0.110. The van der Waals surface area contributed by atoms with Gasteiger partial charge in [-0.05, 0) is 59.7 Å². The van der Waals surface area contributed by atoms with Crippen LogP contribution in [0.25, 0.3) is 16.8 Å². The number of halogens is 1. The highest BCUT2D eigenvalue weighted by Crippen LogP contribution is 2.26. The molecule has 1 amide bonds. The first-order valence-electron chi connectivity index (χ1n) is 11.2. The topological polar surface area (TPSA) is 90.5 Å². The van der Waals surface area contributed by atoms with Gasteiger partial charge in [-0.1, -0.05) is 43.7 Å². The minimum Gasteiger partial charge on any atom is -0.348 e. The van der Waals surface area contributed by atoms with E-state index in [0.717, 1.165) is 16.7 Å². The predicted molar refractivity (Wildman–Crippen MR) is 127 cm³/mol. The summed E-state index contributed by atoms with van der Waals surface area (Å²) in [4.78, 5) is 13.2. The molecule has 1 atom stereocenters. The van der Waals surface area contributed by atoms with E-state index in [-0.39, 0.29) is 17.9 Å². The molecule has 2 aromatic heterocycles. The number of carbonyl (C=O) groups is 1. The van der Waals surface area contributed by atoms with Crippen molar-refractivity contribution in [2.45, 2.75) is 52.9 Å². The fraction of sp³-hybridized carbons (Fsp3) is 0.320. The van der Waals surface area contributed by atoms with Crippen molar-refractivity contribution in [1.29, 1.82) is 0 Å². The monoisotopic (exact) mass is 461 g/mol. The third-order valence-electron chi connectivity index (χ3n) is 5.49. The Labute approximate surface area is 197 Å². The van der Waals surface area contributed by atoms with E-state index < -0.39 is 6.67 Å². The molecule has 2 heterocycles. The van der Waals surface area contributed by atoms with Crippen molar-refractivity contribution in [3.05, 3.63) is 77.4 Å². The number of rotatable bonds is 8. The number of nitrogens with one attached hydrogen (secondary N) is 1. The van der Waals surface area contributed by atoms with Crippen LogP contribution in [0.3, 0.4) is 0 Å². The Morgan fingerprint density at radius 1 is 1.06 bits per heavy atom. The van der Waals surface area contributed by atoms with Crippen LogP contribution in [0.4, 0.5) is 4.39 Å². The molecule has 34 heavy (non-hydrogen) atoms. The Balaban J connectivity index is 1.66. The van der Waals surface area contributed by atoms with Crippen LogP contribution in [0.5, 0.6) is 0 Å². The molecule has 2 aromatic carbocycles. The lowest BCUT2D eigenvalue weighted by molar-refractivity contribution is 0.0936. The van der Waals surface area contributed by atoms with Crippen LogP contribution < -0.4 is 5.32 Å². The largest absolute Gasteiger partial charge is 0.348 e. The third-order valence-corrected chi connectivity index (χ3v) is 5.49. The number of carbonyl (C=O) groups excluding carboxylic acids is 1. The molecule has 0 saturated heterocycles. The molecule has 0 radical (unpaired) electrons. The molecule has 0 aliphatic carbocycles. The highest BCUT2D eigenvalue weighted by atomic mass is 19.1. The summed E-state index contributed by atoms with van der Waals surface area (Å²) in [7, 11) is 0. The molecule has 0 saturated carbocycles. The number of benzene rings is 2. The smallest absolute Gasteiger partial charge is 0.251 e. The van der Waals surface area contributed by atoms with Gasteiger partial charge in [0.05, 0.1) is 17.9 Å². The molecular formula is C25H28FN7O. The van der Waals surface area contributed by atoms with Crippen LogP contribution >= 0.6 is 0 Å². The maximum atomic E-state index is 13.2. The molecule has 0 aliphatic rings. The summed E-state index contributed by atoms with van der Waals surface area (Å²) >= 11 is 0. The van der Waals surface area contributed by atoms with Crippen molar-refractivity contribution < 1.29 is 9.18 Å². The Morgan fingerprint density at radius 2 is 1.82 bits per heavy atom. The molecule has 9 heteroatoms. The molecule has 176 valence electrons. The van der Waals surface area contributed by atoms with Gasteiger partial charge >= 0.3 is 0 Å². The van der Waals surface area contributed by atoms with Gasteiger partial charge in [0.1, 0.15) is 6.67 Å². The lowest BCUT2D eigenvalue weighted by Gasteiger charge is -2.16. The van der Waals surface area contributed by atoms with E-state index in [1.54, 1.807) is 27.7 Å². The molecule has 0 fully saturated rings. The fourth-order valence-electron chi connectivity index (χ4n) is 3.73. The van der Waals surface area contributed by atoms with Crippen LogP contribution in [0.1, 0.15) is 54.1 Å². The Bertz CT molecular complexity index is 1280. The normalized spacial score (nSPS) is 12.2. The molecule has 0 bridgehead atoms. The molecular weight excluding hydrogens is 433 g/mol. The maximum absolute atomic E-state index is 13.2. The van der Waals surface area contributed by atoms with Gasteiger partial charge in [0.15, 0.2) is 5.82 Å². The zero-order valence-corrected chi connectivity index (χ0v) is 19.7. The van der Waals surface area contributed by atoms with E-state index in [0.29, 0.717) is 29.3 Å². The molecule has 0 aliphatic heterocycles. The van der Waals surface area contributed by atoms with Crippen LogP contribution in [-0.4, -0.2) is 41.9 Å². The van der Waals surface area contributed by atoms with E-state index in [9.17, 15) is 9.18 Å². The number of tetrazole rings is 1. The van der Waals surface area contributed by atoms with Gasteiger partial charge in [0, 0.05) is 23.7 Å². The van der Waals surface area contributed by atoms with Crippen molar-refractivity contribution >= 4 is 5.91 Å². The number of nitrogens with zero attached hydrogens (tertiary/aromatic N) is 6. The number of aromatic nitrogens is 6. The van der Waals surface area contributed by atoms with Gasteiger partial charge in [0.25, 0.3) is 5.91 Å². The first-order chi connectivity index (χ1) is 16.3. The number of amides is 1. The summed E-state index contributed by atoms with van der Waals surface area (Å²) in [6.45, 7) is 7.78. The van der Waals surface area contributed by atoms with E-state index in [1.165, 1.54) is 0 Å². The Hall–Kier alpha value is -3.88. The standard InChI is InChI=1S/C25H28FN7O/c1-16(2)24-28-30-31-33(24)23-12-20(19-7-5-17(3)6-8-19)11-21(13-23)25(34)27-18(4)15-32-10-9-22(14-26)29-32/h5-13,16,18H,14-15H2,1-4H3,(H,27,34). The molecule has 4 aromatic rings. The second kappa shape index (κ2) is 9.94. The summed E-state index contributed by atoms with van der Waals surface area (Å²) in [5.41, 5.74) is 4.61. The van der Waals surface area contributed by atoms with E-state index >= 15 is 0 Å². The van der Waals surface area contributed by atoms with Crippen molar-refractivity contribution in [3.8, 4) is 16.8 Å². The number of aryl methyl sites for hydroxylation is 1. The number of hydrogen-bond acceptors (Lipinski definition) is 5. The lowest BCUT2D eigenvalue weighted by Crippen LogP contribution is -2.36. The number of hydrogen-bond donors (Lipinski definition) is 1. The first kappa shape index (κ1) is 23.3. The summed E-state index contributed by atoms with van der Waals surface area (Å²) < 4.78 is 16.1.